The molecule has 17 heavy (non-hydrogen) atoms. The van der Waals surface area contributed by atoms with E-state index in [-0.39, 0.29) is 11.8 Å². The zero-order valence-electron chi connectivity index (χ0n) is 9.81. The van der Waals surface area contributed by atoms with E-state index in [0.29, 0.717) is 0 Å². The predicted molar refractivity (Wildman–Crippen MR) is 66.1 cm³/mol. The van der Waals surface area contributed by atoms with Gasteiger partial charge in [0.1, 0.15) is 0 Å². The molecule has 1 saturated carbocycles. The molecule has 3 rings (SSSR count). The number of aliphatic carboxylic acids is 1. The molecule has 0 bridgehead atoms. The van der Waals surface area contributed by atoms with Gasteiger partial charge < -0.3 is 9.67 Å². The number of nitrogens with zero attached hydrogens (tertiary/aromatic N) is 1. The van der Waals surface area contributed by atoms with E-state index >= 15 is 0 Å². The van der Waals surface area contributed by atoms with Gasteiger partial charge in [-0.05, 0) is 30.4 Å². The highest BCUT2D eigenvalue weighted by atomic mass is 16.4. The number of carboxylic acids is 1. The standard InChI is InChI=1S/C14H15NO2/c1-15-11-5-3-2-4-10(11)8-12(15)14(6-7-14)9-13(16)17/h2-5,8H,6-7,9H2,1H3,(H,16,17). The molecule has 1 fully saturated rings. The largest absolute Gasteiger partial charge is 0.481 e. The number of hydrogen-bond donors (Lipinski definition) is 1. The van der Waals surface area contributed by atoms with Crippen LogP contribution >= 0.6 is 0 Å². The molecule has 0 radical (unpaired) electrons. The monoisotopic (exact) mass is 229 g/mol. The lowest BCUT2D eigenvalue weighted by atomic mass is 9.98. The first-order valence-electron chi connectivity index (χ1n) is 5.89. The van der Waals surface area contributed by atoms with Gasteiger partial charge in [0, 0.05) is 23.7 Å². The second-order valence-electron chi connectivity index (χ2n) is 5.00. The zero-order chi connectivity index (χ0) is 12.0. The summed E-state index contributed by atoms with van der Waals surface area (Å²) in [7, 11) is 2.03. The number of benzene rings is 1. The van der Waals surface area contributed by atoms with E-state index in [1.54, 1.807) is 0 Å². The van der Waals surface area contributed by atoms with Crippen LogP contribution in [0, 0.1) is 0 Å². The van der Waals surface area contributed by atoms with Crippen LogP contribution in [-0.4, -0.2) is 15.6 Å². The maximum atomic E-state index is 10.9. The Morgan fingerprint density at radius 3 is 2.71 bits per heavy atom. The highest BCUT2D eigenvalue weighted by Gasteiger charge is 2.47. The summed E-state index contributed by atoms with van der Waals surface area (Å²) in [4.78, 5) is 10.9. The molecule has 0 aliphatic heterocycles. The van der Waals surface area contributed by atoms with Crippen molar-refractivity contribution in [3.8, 4) is 0 Å². The van der Waals surface area contributed by atoms with Gasteiger partial charge >= 0.3 is 5.97 Å². The molecule has 2 aromatic rings. The maximum Gasteiger partial charge on any atom is 0.304 e. The Morgan fingerprint density at radius 1 is 1.41 bits per heavy atom. The molecule has 1 aromatic heterocycles. The predicted octanol–water partition coefficient (Wildman–Crippen LogP) is 2.68. The summed E-state index contributed by atoms with van der Waals surface area (Å²) in [6, 6.07) is 10.3. The van der Waals surface area contributed by atoms with Gasteiger partial charge in [-0.3, -0.25) is 4.79 Å². The number of aryl methyl sites for hydroxylation is 1. The molecule has 0 atom stereocenters. The summed E-state index contributed by atoms with van der Waals surface area (Å²) in [6.45, 7) is 0. The minimum atomic E-state index is -0.701. The number of rotatable bonds is 3. The van der Waals surface area contributed by atoms with Crippen molar-refractivity contribution in [2.75, 3.05) is 0 Å². The molecular formula is C14H15NO2. The second kappa shape index (κ2) is 3.36. The van der Waals surface area contributed by atoms with Crippen molar-refractivity contribution in [3.05, 3.63) is 36.0 Å². The van der Waals surface area contributed by atoms with Crippen molar-refractivity contribution in [2.24, 2.45) is 7.05 Å². The van der Waals surface area contributed by atoms with E-state index in [1.165, 1.54) is 16.6 Å². The summed E-state index contributed by atoms with van der Waals surface area (Å²) in [5.41, 5.74) is 2.24. The van der Waals surface area contributed by atoms with Crippen molar-refractivity contribution in [1.82, 2.24) is 4.57 Å². The Labute approximate surface area is 99.7 Å². The number of carbonyl (C=O) groups is 1. The van der Waals surface area contributed by atoms with Crippen LogP contribution in [0.2, 0.25) is 0 Å². The van der Waals surface area contributed by atoms with Crippen molar-refractivity contribution in [1.29, 1.82) is 0 Å². The van der Waals surface area contributed by atoms with Crippen molar-refractivity contribution in [3.63, 3.8) is 0 Å². The fourth-order valence-electron chi connectivity index (χ4n) is 2.76. The second-order valence-corrected chi connectivity index (χ2v) is 5.00. The molecular weight excluding hydrogens is 214 g/mol. The van der Waals surface area contributed by atoms with E-state index in [4.69, 9.17) is 5.11 Å². The Balaban J connectivity index is 2.12. The number of aromatic nitrogens is 1. The normalized spacial score (nSPS) is 17.2. The zero-order valence-corrected chi connectivity index (χ0v) is 9.81. The Bertz CT molecular complexity index is 593. The van der Waals surface area contributed by atoms with Crippen LogP contribution in [0.4, 0.5) is 0 Å². The highest BCUT2D eigenvalue weighted by Crippen LogP contribution is 2.51. The van der Waals surface area contributed by atoms with Gasteiger partial charge in [-0.2, -0.15) is 0 Å². The molecule has 1 aliphatic carbocycles. The first-order valence-corrected chi connectivity index (χ1v) is 5.89. The summed E-state index contributed by atoms with van der Waals surface area (Å²) in [5.74, 6) is -0.701. The van der Waals surface area contributed by atoms with Gasteiger partial charge in [-0.15, -0.1) is 0 Å². The van der Waals surface area contributed by atoms with E-state index in [2.05, 4.69) is 22.8 Å². The number of fused-ring (bicyclic) bond motifs is 1. The van der Waals surface area contributed by atoms with Gasteiger partial charge in [-0.25, -0.2) is 0 Å². The molecule has 0 saturated heterocycles. The van der Waals surface area contributed by atoms with Crippen LogP contribution < -0.4 is 0 Å². The van der Waals surface area contributed by atoms with E-state index in [9.17, 15) is 4.79 Å². The number of hydrogen-bond acceptors (Lipinski definition) is 1. The molecule has 88 valence electrons. The average molecular weight is 229 g/mol. The first-order chi connectivity index (χ1) is 8.12. The third kappa shape index (κ3) is 1.54. The van der Waals surface area contributed by atoms with Gasteiger partial charge in [0.15, 0.2) is 0 Å². The molecule has 3 heteroatoms. The molecule has 0 unspecified atom stereocenters. The molecule has 0 spiro atoms. The van der Waals surface area contributed by atoms with Gasteiger partial charge in [0.2, 0.25) is 0 Å². The average Bonchev–Trinajstić information content (AvgIpc) is 2.97. The van der Waals surface area contributed by atoms with Gasteiger partial charge in [0.05, 0.1) is 6.42 Å². The molecule has 1 heterocycles. The third-order valence-corrected chi connectivity index (χ3v) is 3.84. The van der Waals surface area contributed by atoms with Crippen molar-refractivity contribution < 1.29 is 9.90 Å². The lowest BCUT2D eigenvalue weighted by molar-refractivity contribution is -0.137. The van der Waals surface area contributed by atoms with Gasteiger partial charge in [0.25, 0.3) is 0 Å². The maximum absolute atomic E-state index is 10.9. The van der Waals surface area contributed by atoms with E-state index in [0.717, 1.165) is 12.8 Å². The van der Waals surface area contributed by atoms with Crippen LogP contribution in [0.3, 0.4) is 0 Å². The van der Waals surface area contributed by atoms with E-state index < -0.39 is 5.97 Å². The molecule has 0 amide bonds. The molecule has 1 N–H and O–H groups in total. The van der Waals surface area contributed by atoms with Crippen molar-refractivity contribution in [2.45, 2.75) is 24.7 Å². The smallest absolute Gasteiger partial charge is 0.304 e. The first kappa shape index (κ1) is 10.4. The topological polar surface area (TPSA) is 42.2 Å². The number of carboxylic acid groups (broad SMARTS) is 1. The quantitative estimate of drug-likeness (QED) is 0.879. The SMILES string of the molecule is Cn1c(C2(CC(=O)O)CC2)cc2ccccc21. The van der Waals surface area contributed by atoms with Crippen LogP contribution in [0.25, 0.3) is 10.9 Å². The third-order valence-electron chi connectivity index (χ3n) is 3.84. The Kier molecular flexibility index (Phi) is 2.05. The van der Waals surface area contributed by atoms with Crippen molar-refractivity contribution >= 4 is 16.9 Å². The van der Waals surface area contributed by atoms with Crippen LogP contribution in [0.15, 0.2) is 30.3 Å². The minimum absolute atomic E-state index is 0.112. The summed E-state index contributed by atoms with van der Waals surface area (Å²) >= 11 is 0. The fourth-order valence-corrected chi connectivity index (χ4v) is 2.76. The lowest BCUT2D eigenvalue weighted by Crippen LogP contribution is -2.16. The Morgan fingerprint density at radius 2 is 2.12 bits per heavy atom. The molecule has 1 aromatic carbocycles. The molecule has 1 aliphatic rings. The minimum Gasteiger partial charge on any atom is -0.481 e. The van der Waals surface area contributed by atoms with Gasteiger partial charge in [-0.1, -0.05) is 18.2 Å². The van der Waals surface area contributed by atoms with Crippen LogP contribution in [0.1, 0.15) is 25.0 Å². The number of para-hydroxylation sites is 1. The highest BCUT2D eigenvalue weighted by molar-refractivity contribution is 5.82. The summed E-state index contributed by atoms with van der Waals surface area (Å²) in [5, 5.41) is 10.2. The summed E-state index contributed by atoms with van der Waals surface area (Å²) in [6.07, 6.45) is 2.23. The van der Waals surface area contributed by atoms with Crippen LogP contribution in [-0.2, 0) is 17.3 Å². The Hall–Kier alpha value is -1.77. The summed E-state index contributed by atoms with van der Waals surface area (Å²) < 4.78 is 2.14. The van der Waals surface area contributed by atoms with Crippen LogP contribution in [0.5, 0.6) is 0 Å². The fraction of sp³-hybridized carbons (Fsp3) is 0.357. The molecule has 3 nitrogen and oxygen atoms in total. The van der Waals surface area contributed by atoms with E-state index in [1.807, 2.05) is 19.2 Å². The lowest BCUT2D eigenvalue weighted by Gasteiger charge is -2.14.